The summed E-state index contributed by atoms with van der Waals surface area (Å²) in [6.45, 7) is 8.99. The van der Waals surface area contributed by atoms with Gasteiger partial charge in [0.2, 0.25) is 0 Å². The quantitative estimate of drug-likeness (QED) is 0.166. The van der Waals surface area contributed by atoms with Gasteiger partial charge < -0.3 is 19.1 Å². The van der Waals surface area contributed by atoms with Crippen molar-refractivity contribution in [1.82, 2.24) is 4.90 Å². The number of rotatable bonds is 6. The van der Waals surface area contributed by atoms with E-state index in [2.05, 4.69) is 146 Å². The van der Waals surface area contributed by atoms with Crippen molar-refractivity contribution >= 4 is 39.0 Å². The number of alkyl halides is 3. The number of anilines is 3. The third-order valence-corrected chi connectivity index (χ3v) is 15.0. The number of para-hydroxylation sites is 2. The molecule has 0 bridgehead atoms. The van der Waals surface area contributed by atoms with E-state index in [4.69, 9.17) is 8.53 Å². The van der Waals surface area contributed by atoms with E-state index in [1.807, 2.05) is 36.5 Å². The van der Waals surface area contributed by atoms with Gasteiger partial charge in [-0.1, -0.05) is 155 Å². The molecule has 3 unspecified atom stereocenters. The van der Waals surface area contributed by atoms with Crippen LogP contribution in [0, 0.1) is 0 Å². The Morgan fingerprint density at radius 2 is 1.28 bits per heavy atom. The van der Waals surface area contributed by atoms with E-state index in [-0.39, 0.29) is 29.0 Å². The Morgan fingerprint density at radius 3 is 1.97 bits per heavy atom. The van der Waals surface area contributed by atoms with E-state index < -0.39 is 30.3 Å². The van der Waals surface area contributed by atoms with E-state index in [0.29, 0.717) is 11.2 Å². The maximum Gasteiger partial charge on any atom is 0.397 e. The Kier molecular flexibility index (Phi) is 8.26. The number of fused-ring (bicyclic) bond motifs is 16. The van der Waals surface area contributed by atoms with Gasteiger partial charge in [0.25, 0.3) is 0 Å². The van der Waals surface area contributed by atoms with Gasteiger partial charge in [0.05, 0.1) is 28.5 Å². The van der Waals surface area contributed by atoms with Crippen molar-refractivity contribution in [2.45, 2.75) is 89.7 Å². The molecule has 0 saturated carbocycles. The van der Waals surface area contributed by atoms with Gasteiger partial charge in [0.15, 0.2) is 5.66 Å². The van der Waals surface area contributed by atoms with Crippen molar-refractivity contribution in [3.8, 4) is 22.3 Å². The molecular weight excluding hydrogens is 836 g/mol. The lowest BCUT2D eigenvalue weighted by atomic mass is 9.83. The highest BCUT2D eigenvalue weighted by atomic mass is 19.4. The summed E-state index contributed by atoms with van der Waals surface area (Å²) in [6.07, 6.45) is 0.530. The third kappa shape index (κ3) is 5.73. The topological polar surface area (TPSA) is 22.9 Å². The molecule has 7 heteroatoms. The molecule has 8 aromatic rings. The average molecular weight is 891 g/mol. The minimum absolute atomic E-state index is 0.0816. The number of halogens is 3. The van der Waals surface area contributed by atoms with Gasteiger partial charge in [0, 0.05) is 37.8 Å². The molecule has 4 aliphatic heterocycles. The van der Waals surface area contributed by atoms with Crippen LogP contribution in [-0.4, -0.2) is 11.1 Å². The maximum absolute atomic E-state index is 14.6. The van der Waals surface area contributed by atoms with Gasteiger partial charge in [-0.25, -0.2) is 0 Å². The molecule has 0 N–H and O–H groups in total. The molecule has 67 heavy (non-hydrogen) atoms. The minimum atomic E-state index is -4.49. The number of benzene rings is 7. The Bertz CT molecular complexity index is 3470. The van der Waals surface area contributed by atoms with E-state index in [1.165, 1.54) is 25.0 Å². The molecule has 5 heterocycles. The summed E-state index contributed by atoms with van der Waals surface area (Å²) in [5, 5.41) is 1.51. The summed E-state index contributed by atoms with van der Waals surface area (Å²) < 4.78 is 76.8. The Labute approximate surface area is 394 Å². The number of hydrogen-bond acceptors (Lipinski definition) is 4. The van der Waals surface area contributed by atoms with Crippen molar-refractivity contribution in [2.24, 2.45) is 0 Å². The zero-order chi connectivity index (χ0) is 48.8. The highest BCUT2D eigenvalue weighted by Crippen LogP contribution is 2.69. The van der Waals surface area contributed by atoms with E-state index in [9.17, 15) is 13.2 Å². The second-order valence-electron chi connectivity index (χ2n) is 19.8. The lowest BCUT2D eigenvalue weighted by Crippen LogP contribution is -2.52. The molecular formula is C60H52F3N3O. The lowest BCUT2D eigenvalue weighted by Gasteiger charge is -2.47. The molecule has 0 radical (unpaired) electrons. The lowest BCUT2D eigenvalue weighted by molar-refractivity contribution is -0.180. The first-order valence-corrected chi connectivity index (χ1v) is 23.3. The summed E-state index contributed by atoms with van der Waals surface area (Å²) in [7, 11) is 0. The third-order valence-electron chi connectivity index (χ3n) is 15.0. The molecule has 0 aliphatic carbocycles. The highest BCUT2D eigenvalue weighted by Gasteiger charge is 2.65. The van der Waals surface area contributed by atoms with Crippen LogP contribution < -0.4 is 9.80 Å². The van der Waals surface area contributed by atoms with Gasteiger partial charge in [-0.05, 0) is 113 Å². The first-order valence-electron chi connectivity index (χ1n) is 24.8. The number of hydrogen-bond donors (Lipinski definition) is 0. The second-order valence-corrected chi connectivity index (χ2v) is 19.8. The molecule has 334 valence electrons. The highest BCUT2D eigenvalue weighted by molar-refractivity contribution is 6.08. The Morgan fingerprint density at radius 1 is 0.657 bits per heavy atom. The zero-order valence-electron chi connectivity index (χ0n) is 41.3. The van der Waals surface area contributed by atoms with Gasteiger partial charge in [-0.2, -0.15) is 13.2 Å². The molecule has 4 nitrogen and oxygen atoms in total. The summed E-state index contributed by atoms with van der Waals surface area (Å²) >= 11 is 0. The molecule has 12 rings (SSSR count). The summed E-state index contributed by atoms with van der Waals surface area (Å²) in [5.41, 5.74) is 11.8. The zero-order valence-corrected chi connectivity index (χ0v) is 38.3. The molecule has 1 spiro atoms. The van der Waals surface area contributed by atoms with Crippen molar-refractivity contribution < 1.29 is 21.7 Å². The predicted molar refractivity (Wildman–Crippen MR) is 267 cm³/mol. The van der Waals surface area contributed by atoms with Crippen molar-refractivity contribution in [3.05, 3.63) is 208 Å². The Balaban J connectivity index is 1.16. The van der Waals surface area contributed by atoms with Crippen LogP contribution in [0.4, 0.5) is 30.2 Å². The SMILES string of the molecule is [2H]C([2H])([2H])C1=CN2C(C=C1)c1ccccc1C21c2ccc3c(oc4cc(C(C)(C)C(F)(F)F)ccc43)c2C2N(c3c(C(C)C)cc(-c4ccc(-c5ccccc5)cc4)cc3C(C)C)c3ccccc3N21. The van der Waals surface area contributed by atoms with Crippen LogP contribution in [0.3, 0.4) is 0 Å². The summed E-state index contributed by atoms with van der Waals surface area (Å²) in [6, 6.07) is 49.5. The molecule has 4 aliphatic rings. The molecule has 1 aromatic heterocycles. The van der Waals surface area contributed by atoms with Gasteiger partial charge in [0.1, 0.15) is 17.3 Å². The van der Waals surface area contributed by atoms with Crippen LogP contribution >= 0.6 is 0 Å². The van der Waals surface area contributed by atoms with Gasteiger partial charge in [-0.15, -0.1) is 0 Å². The monoisotopic (exact) mass is 890 g/mol. The maximum atomic E-state index is 14.6. The van der Waals surface area contributed by atoms with E-state index >= 15 is 0 Å². The average Bonchev–Trinajstić information content (AvgIpc) is 4.06. The largest absolute Gasteiger partial charge is 0.456 e. The molecule has 0 amide bonds. The van der Waals surface area contributed by atoms with Crippen molar-refractivity contribution in [1.29, 1.82) is 0 Å². The summed E-state index contributed by atoms with van der Waals surface area (Å²) in [5.74, 6) is 0.163. The van der Waals surface area contributed by atoms with E-state index in [0.717, 1.165) is 72.3 Å². The first kappa shape index (κ1) is 38.1. The number of allylic oxidation sites excluding steroid dienone is 2. The van der Waals surface area contributed by atoms with Crippen LogP contribution in [0.15, 0.2) is 174 Å². The van der Waals surface area contributed by atoms with E-state index in [1.54, 1.807) is 24.3 Å². The van der Waals surface area contributed by atoms with Crippen LogP contribution in [0.25, 0.3) is 44.2 Å². The molecule has 0 fully saturated rings. The first-order chi connectivity index (χ1) is 33.4. The van der Waals surface area contributed by atoms with Crippen LogP contribution in [-0.2, 0) is 11.1 Å². The fraction of sp³-hybridized carbons (Fsp3) is 0.233. The van der Waals surface area contributed by atoms with Crippen LogP contribution in [0.5, 0.6) is 0 Å². The summed E-state index contributed by atoms with van der Waals surface area (Å²) in [4.78, 5) is 7.17. The second kappa shape index (κ2) is 14.5. The molecule has 7 aromatic carbocycles. The molecule has 3 atom stereocenters. The Hall–Kier alpha value is -6.99. The fourth-order valence-corrected chi connectivity index (χ4v) is 11.6. The van der Waals surface area contributed by atoms with Crippen molar-refractivity contribution in [3.63, 3.8) is 0 Å². The number of nitrogens with zero attached hydrogens (tertiary/aromatic N) is 3. The minimum Gasteiger partial charge on any atom is -0.456 e. The fourth-order valence-electron chi connectivity index (χ4n) is 11.6. The smallest absolute Gasteiger partial charge is 0.397 e. The van der Waals surface area contributed by atoms with Gasteiger partial charge in [-0.3, -0.25) is 0 Å². The standard InChI is InChI=1S/C60H52F3N3O/c1-35(2)46-31-41(40-24-22-39(23-25-40)38-15-9-8-10-16-38)32-47(36(3)4)55(46)65-51-19-13-14-20-52(51)66-57(65)54-49(59(66)48-18-12-11-17-45(48)50-30-21-37(5)34-64(50)59)29-28-44-43-27-26-42(33-53(43)67-56(44)54)58(6,7)60(61,62)63/h8-36,50,57H,1-7H3/i5D3. The van der Waals surface area contributed by atoms with Gasteiger partial charge >= 0.3 is 6.18 Å². The normalized spacial score (nSPS) is 20.3. The van der Waals surface area contributed by atoms with Crippen LogP contribution in [0.2, 0.25) is 0 Å². The predicted octanol–water partition coefficient (Wildman–Crippen LogP) is 16.7. The van der Waals surface area contributed by atoms with Crippen molar-refractivity contribution in [2.75, 3.05) is 9.80 Å². The van der Waals surface area contributed by atoms with Crippen LogP contribution in [0.1, 0.15) is 115 Å². The molecule has 0 saturated heterocycles. The number of furan rings is 1.